The van der Waals surface area contributed by atoms with Crippen LogP contribution in [0.25, 0.3) is 0 Å². The number of carbonyl (C=O) groups excluding carboxylic acids is 1. The van der Waals surface area contributed by atoms with E-state index in [1.165, 1.54) is 6.26 Å². The largest absolute Gasteiger partial charge is 0.294 e. The second-order valence-electron chi connectivity index (χ2n) is 5.64. The number of rotatable bonds is 3. The first-order valence-electron chi connectivity index (χ1n) is 6.78. The molecule has 0 saturated heterocycles. The first-order chi connectivity index (χ1) is 9.29. The summed E-state index contributed by atoms with van der Waals surface area (Å²) in [6.07, 6.45) is 3.94. The molecule has 0 bridgehead atoms. The van der Waals surface area contributed by atoms with Gasteiger partial charge in [0, 0.05) is 22.8 Å². The lowest BCUT2D eigenvalue weighted by Gasteiger charge is -2.27. The molecule has 0 aromatic heterocycles. The highest BCUT2D eigenvalue weighted by molar-refractivity contribution is 7.91. The minimum Gasteiger partial charge on any atom is -0.294 e. The van der Waals surface area contributed by atoms with Crippen LogP contribution in [0.3, 0.4) is 0 Å². The molecule has 0 N–H and O–H groups in total. The fraction of sp³-hybridized carbons (Fsp3) is 0.533. The summed E-state index contributed by atoms with van der Waals surface area (Å²) in [5, 5.41) is 0.231. The van der Waals surface area contributed by atoms with Gasteiger partial charge < -0.3 is 0 Å². The molecule has 1 aromatic rings. The average Bonchev–Trinajstić information content (AvgIpc) is 2.37. The zero-order valence-corrected chi connectivity index (χ0v) is 13.3. The van der Waals surface area contributed by atoms with E-state index >= 15 is 0 Å². The summed E-state index contributed by atoms with van der Waals surface area (Å²) in [6, 6.07) is 5.22. The molecule has 2 rings (SSSR count). The normalized spacial score (nSPS) is 23.6. The highest BCUT2D eigenvalue weighted by Gasteiger charge is 2.33. The van der Waals surface area contributed by atoms with Crippen molar-refractivity contribution in [2.75, 3.05) is 6.26 Å². The van der Waals surface area contributed by atoms with Crippen molar-refractivity contribution in [1.29, 1.82) is 0 Å². The second kappa shape index (κ2) is 5.86. The molecule has 1 fully saturated rings. The van der Waals surface area contributed by atoms with Crippen LogP contribution >= 0.6 is 11.6 Å². The summed E-state index contributed by atoms with van der Waals surface area (Å²) >= 11 is 5.90. The molecule has 0 aliphatic heterocycles. The first kappa shape index (κ1) is 15.5. The van der Waals surface area contributed by atoms with Crippen LogP contribution in [-0.4, -0.2) is 25.7 Å². The SMILES string of the molecule is Cc1cc(Cl)ccc1C(=O)C1CCCC(S(C)(=O)=O)C1. The lowest BCUT2D eigenvalue weighted by molar-refractivity contribution is 0.0890. The average molecular weight is 315 g/mol. The zero-order chi connectivity index (χ0) is 14.9. The van der Waals surface area contributed by atoms with Crippen LogP contribution in [0.5, 0.6) is 0 Å². The Morgan fingerprint density at radius 1 is 1.30 bits per heavy atom. The number of carbonyl (C=O) groups is 1. The van der Waals surface area contributed by atoms with Crippen molar-refractivity contribution in [1.82, 2.24) is 0 Å². The Kier molecular flexibility index (Phi) is 4.55. The maximum absolute atomic E-state index is 12.6. The van der Waals surface area contributed by atoms with Gasteiger partial charge in [-0.2, -0.15) is 0 Å². The second-order valence-corrected chi connectivity index (χ2v) is 8.40. The van der Waals surface area contributed by atoms with Gasteiger partial charge in [-0.1, -0.05) is 18.0 Å². The van der Waals surface area contributed by atoms with Crippen molar-refractivity contribution in [3.05, 3.63) is 34.3 Å². The number of hydrogen-bond acceptors (Lipinski definition) is 3. The van der Waals surface area contributed by atoms with E-state index in [0.717, 1.165) is 18.4 Å². The van der Waals surface area contributed by atoms with E-state index in [9.17, 15) is 13.2 Å². The Hall–Kier alpha value is -0.870. The van der Waals surface area contributed by atoms with E-state index < -0.39 is 9.84 Å². The number of hydrogen-bond donors (Lipinski definition) is 0. The summed E-state index contributed by atoms with van der Waals surface area (Å²) in [5.41, 5.74) is 1.51. The smallest absolute Gasteiger partial charge is 0.166 e. The monoisotopic (exact) mass is 314 g/mol. The van der Waals surface area contributed by atoms with Gasteiger partial charge in [-0.25, -0.2) is 8.42 Å². The van der Waals surface area contributed by atoms with Gasteiger partial charge in [0.25, 0.3) is 0 Å². The van der Waals surface area contributed by atoms with Crippen LogP contribution in [-0.2, 0) is 9.84 Å². The minimum absolute atomic E-state index is 0.0486. The molecule has 1 aliphatic rings. The Morgan fingerprint density at radius 2 is 2.00 bits per heavy atom. The van der Waals surface area contributed by atoms with Crippen molar-refractivity contribution >= 4 is 27.2 Å². The maximum Gasteiger partial charge on any atom is 0.166 e. The molecule has 1 saturated carbocycles. The Morgan fingerprint density at radius 3 is 2.60 bits per heavy atom. The highest BCUT2D eigenvalue weighted by atomic mass is 35.5. The Bertz CT molecular complexity index is 622. The van der Waals surface area contributed by atoms with Crippen LogP contribution in [0, 0.1) is 12.8 Å². The lowest BCUT2D eigenvalue weighted by atomic mass is 9.82. The quantitative estimate of drug-likeness (QED) is 0.803. The lowest BCUT2D eigenvalue weighted by Crippen LogP contribution is -2.31. The number of Topliss-reactive ketones (excluding diaryl/α,β-unsaturated/α-hetero) is 1. The van der Waals surface area contributed by atoms with E-state index in [1.807, 2.05) is 6.92 Å². The molecule has 0 heterocycles. The molecule has 0 spiro atoms. The first-order valence-corrected chi connectivity index (χ1v) is 9.11. The summed E-state index contributed by atoms with van der Waals surface area (Å²) in [6.45, 7) is 1.86. The third-order valence-electron chi connectivity index (χ3n) is 4.06. The van der Waals surface area contributed by atoms with Crippen molar-refractivity contribution in [2.24, 2.45) is 5.92 Å². The number of aryl methyl sites for hydroxylation is 1. The van der Waals surface area contributed by atoms with Crippen molar-refractivity contribution in [2.45, 2.75) is 37.9 Å². The predicted molar refractivity (Wildman–Crippen MR) is 81.1 cm³/mol. The van der Waals surface area contributed by atoms with Gasteiger partial charge in [-0.15, -0.1) is 0 Å². The summed E-state index contributed by atoms with van der Waals surface area (Å²) < 4.78 is 23.3. The van der Waals surface area contributed by atoms with E-state index in [2.05, 4.69) is 0 Å². The molecule has 20 heavy (non-hydrogen) atoms. The maximum atomic E-state index is 12.6. The van der Waals surface area contributed by atoms with Crippen LogP contribution < -0.4 is 0 Å². The van der Waals surface area contributed by atoms with Crippen molar-refractivity contribution in [3.8, 4) is 0 Å². The molecular formula is C15H19ClO3S. The third kappa shape index (κ3) is 3.41. The Balaban J connectivity index is 2.21. The minimum atomic E-state index is -3.06. The number of halogens is 1. The summed E-state index contributed by atoms with van der Waals surface area (Å²) in [4.78, 5) is 12.6. The molecular weight excluding hydrogens is 296 g/mol. The van der Waals surface area contributed by atoms with Crippen LogP contribution in [0.1, 0.15) is 41.6 Å². The van der Waals surface area contributed by atoms with E-state index in [0.29, 0.717) is 23.4 Å². The predicted octanol–water partition coefficient (Wildman–Crippen LogP) is 3.43. The van der Waals surface area contributed by atoms with Gasteiger partial charge in [-0.05, 0) is 49.9 Å². The van der Waals surface area contributed by atoms with Gasteiger partial charge in [0.1, 0.15) is 9.84 Å². The Labute approximate surface area is 125 Å². The molecule has 0 amide bonds. The zero-order valence-electron chi connectivity index (χ0n) is 11.7. The fourth-order valence-electron chi connectivity index (χ4n) is 2.90. The van der Waals surface area contributed by atoms with Gasteiger partial charge >= 0.3 is 0 Å². The van der Waals surface area contributed by atoms with E-state index in [1.54, 1.807) is 18.2 Å². The molecule has 1 aliphatic carbocycles. The van der Waals surface area contributed by atoms with Gasteiger partial charge in [0.2, 0.25) is 0 Å². The molecule has 2 atom stereocenters. The summed E-state index contributed by atoms with van der Waals surface area (Å²) in [5.74, 6) is -0.143. The van der Waals surface area contributed by atoms with Crippen molar-refractivity contribution in [3.63, 3.8) is 0 Å². The molecule has 5 heteroatoms. The van der Waals surface area contributed by atoms with E-state index in [-0.39, 0.29) is 17.0 Å². The van der Waals surface area contributed by atoms with Gasteiger partial charge in [-0.3, -0.25) is 4.79 Å². The number of benzene rings is 1. The highest BCUT2D eigenvalue weighted by Crippen LogP contribution is 2.31. The number of ketones is 1. The molecule has 2 unspecified atom stereocenters. The third-order valence-corrected chi connectivity index (χ3v) is 5.93. The standard InChI is InChI=1S/C15H19ClO3S/c1-10-8-12(16)6-7-14(10)15(17)11-4-3-5-13(9-11)20(2,18)19/h6-8,11,13H,3-5,9H2,1-2H3. The molecule has 1 aromatic carbocycles. The van der Waals surface area contributed by atoms with Crippen LogP contribution in [0.2, 0.25) is 5.02 Å². The topological polar surface area (TPSA) is 51.2 Å². The van der Waals surface area contributed by atoms with Crippen LogP contribution in [0.15, 0.2) is 18.2 Å². The van der Waals surface area contributed by atoms with Gasteiger partial charge in [0.05, 0.1) is 5.25 Å². The molecule has 3 nitrogen and oxygen atoms in total. The van der Waals surface area contributed by atoms with Crippen molar-refractivity contribution < 1.29 is 13.2 Å². The fourth-order valence-corrected chi connectivity index (χ4v) is 4.30. The molecule has 0 radical (unpaired) electrons. The van der Waals surface area contributed by atoms with Gasteiger partial charge in [0.15, 0.2) is 5.78 Å². The van der Waals surface area contributed by atoms with E-state index in [4.69, 9.17) is 11.6 Å². The van der Waals surface area contributed by atoms with Crippen LogP contribution in [0.4, 0.5) is 0 Å². The number of sulfone groups is 1. The summed E-state index contributed by atoms with van der Waals surface area (Å²) in [7, 11) is -3.06. The molecule has 110 valence electrons.